The zero-order chi connectivity index (χ0) is 31.0. The Balaban J connectivity index is 1.66. The lowest BCUT2D eigenvalue weighted by molar-refractivity contribution is -0.141. The molecule has 4 amide bonds. The van der Waals surface area contributed by atoms with Crippen LogP contribution in [0.1, 0.15) is 57.5 Å². The molecule has 3 aromatic rings. The zero-order valence-electron chi connectivity index (χ0n) is 24.9. The number of nitrogens with zero attached hydrogens (tertiary/aromatic N) is 1. The number of hydrogen-bond donors (Lipinski definition) is 4. The molecule has 3 unspecified atom stereocenters. The van der Waals surface area contributed by atoms with Crippen LogP contribution in [0.4, 0.5) is 0 Å². The fourth-order valence-electron chi connectivity index (χ4n) is 4.36. The van der Waals surface area contributed by atoms with Crippen LogP contribution in [0.15, 0.2) is 66.9 Å². The fourth-order valence-corrected chi connectivity index (χ4v) is 4.36. The third kappa shape index (κ3) is 8.22. The summed E-state index contributed by atoms with van der Waals surface area (Å²) in [6.45, 7) is 10.5. The lowest BCUT2D eigenvalue weighted by atomic mass is 9.85. The molecule has 3 atom stereocenters. The molecule has 2 aromatic carbocycles. The first-order chi connectivity index (χ1) is 19.8. The van der Waals surface area contributed by atoms with Crippen LogP contribution in [-0.2, 0) is 25.7 Å². The summed E-state index contributed by atoms with van der Waals surface area (Å²) in [5.74, 6) is -3.63. The van der Waals surface area contributed by atoms with E-state index in [1.165, 1.54) is 13.1 Å². The van der Waals surface area contributed by atoms with E-state index >= 15 is 0 Å². The minimum absolute atomic E-state index is 0.172. The Kier molecular flexibility index (Phi) is 10.5. The topological polar surface area (TPSA) is 146 Å². The summed E-state index contributed by atoms with van der Waals surface area (Å²) >= 11 is 0. The molecular formula is C32H39N5O5. The van der Waals surface area contributed by atoms with Crippen molar-refractivity contribution in [1.29, 1.82) is 0 Å². The first-order valence-electron chi connectivity index (χ1n) is 13.9. The second-order valence-electron chi connectivity index (χ2n) is 11.6. The van der Waals surface area contributed by atoms with Gasteiger partial charge in [0.25, 0.3) is 11.8 Å². The van der Waals surface area contributed by atoms with Crippen LogP contribution >= 0.6 is 0 Å². The SMILES string of the molecule is CC(NC(=O)C(NC(=O)c1ccnc2ccccc12)C(C)(C)C)C(=O)NC(C(=O)C(=O)NCc1ccccc1)C(C)C. The van der Waals surface area contributed by atoms with Gasteiger partial charge in [0.15, 0.2) is 0 Å². The number of fused-ring (bicyclic) bond motifs is 1. The van der Waals surface area contributed by atoms with Crippen LogP contribution in [-0.4, -0.2) is 52.5 Å². The molecule has 1 aromatic heterocycles. The summed E-state index contributed by atoms with van der Waals surface area (Å²) in [4.78, 5) is 69.4. The van der Waals surface area contributed by atoms with E-state index in [9.17, 15) is 24.0 Å². The van der Waals surface area contributed by atoms with Gasteiger partial charge in [-0.3, -0.25) is 29.0 Å². The largest absolute Gasteiger partial charge is 0.345 e. The molecule has 10 heteroatoms. The highest BCUT2D eigenvalue weighted by molar-refractivity contribution is 6.38. The van der Waals surface area contributed by atoms with Gasteiger partial charge in [0.2, 0.25) is 17.6 Å². The van der Waals surface area contributed by atoms with Gasteiger partial charge in [-0.25, -0.2) is 0 Å². The van der Waals surface area contributed by atoms with Crippen LogP contribution in [0.3, 0.4) is 0 Å². The van der Waals surface area contributed by atoms with Gasteiger partial charge in [0.1, 0.15) is 12.1 Å². The number of Topliss-reactive ketones (excluding diaryl/α,β-unsaturated/α-hetero) is 1. The maximum absolute atomic E-state index is 13.4. The number of hydrogen-bond acceptors (Lipinski definition) is 6. The number of amides is 4. The van der Waals surface area contributed by atoms with Crippen molar-refractivity contribution in [3.63, 3.8) is 0 Å². The van der Waals surface area contributed by atoms with Crippen LogP contribution in [0.25, 0.3) is 10.9 Å². The van der Waals surface area contributed by atoms with Crippen molar-refractivity contribution in [3.05, 3.63) is 78.0 Å². The smallest absolute Gasteiger partial charge is 0.289 e. The van der Waals surface area contributed by atoms with Crippen LogP contribution in [0.2, 0.25) is 0 Å². The van der Waals surface area contributed by atoms with E-state index in [4.69, 9.17) is 0 Å². The molecule has 0 fully saturated rings. The molecule has 0 saturated heterocycles. The van der Waals surface area contributed by atoms with Crippen molar-refractivity contribution in [2.45, 2.75) is 66.2 Å². The van der Waals surface area contributed by atoms with Crippen LogP contribution < -0.4 is 21.3 Å². The normalized spacial score (nSPS) is 13.5. The first kappa shape index (κ1) is 31.9. The minimum atomic E-state index is -1.09. The molecule has 0 spiro atoms. The number of carbonyl (C=O) groups is 5. The van der Waals surface area contributed by atoms with E-state index in [0.29, 0.717) is 16.5 Å². The summed E-state index contributed by atoms with van der Waals surface area (Å²) < 4.78 is 0. The van der Waals surface area contributed by atoms with Gasteiger partial charge >= 0.3 is 0 Å². The Morgan fingerprint density at radius 3 is 2.07 bits per heavy atom. The number of benzene rings is 2. The highest BCUT2D eigenvalue weighted by atomic mass is 16.2. The Labute approximate surface area is 246 Å². The highest BCUT2D eigenvalue weighted by Crippen LogP contribution is 2.22. The third-order valence-corrected chi connectivity index (χ3v) is 6.82. The van der Waals surface area contributed by atoms with Crippen molar-refractivity contribution >= 4 is 40.3 Å². The van der Waals surface area contributed by atoms with Crippen LogP contribution in [0.5, 0.6) is 0 Å². The molecular weight excluding hydrogens is 534 g/mol. The summed E-state index contributed by atoms with van der Waals surface area (Å²) in [6, 6.07) is 14.8. The summed E-state index contributed by atoms with van der Waals surface area (Å²) in [5, 5.41) is 11.3. The van der Waals surface area contributed by atoms with E-state index in [1.54, 1.807) is 58.9 Å². The van der Waals surface area contributed by atoms with Gasteiger partial charge < -0.3 is 21.3 Å². The average molecular weight is 574 g/mol. The standard InChI is InChI=1S/C32H39N5O5/c1-19(2)25(26(38)30(41)34-18-21-12-8-7-9-13-21)36-28(39)20(3)35-31(42)27(32(4,5)6)37-29(40)23-16-17-33-24-15-11-10-14-22(23)24/h7-17,19-20,25,27H,18H2,1-6H3,(H,34,41)(H,35,42)(H,36,39)(H,37,40). The van der Waals surface area contributed by atoms with E-state index in [1.807, 2.05) is 36.4 Å². The minimum Gasteiger partial charge on any atom is -0.345 e. The Morgan fingerprint density at radius 2 is 1.43 bits per heavy atom. The van der Waals surface area contributed by atoms with E-state index < -0.39 is 53.0 Å². The quantitative estimate of drug-likeness (QED) is 0.260. The van der Waals surface area contributed by atoms with Gasteiger partial charge in [-0.05, 0) is 36.0 Å². The lowest BCUT2D eigenvalue weighted by Crippen LogP contribution is -2.59. The maximum Gasteiger partial charge on any atom is 0.289 e. The molecule has 1 heterocycles. The van der Waals surface area contributed by atoms with Crippen LogP contribution in [0, 0.1) is 11.3 Å². The zero-order valence-corrected chi connectivity index (χ0v) is 24.9. The number of pyridine rings is 1. The van der Waals surface area contributed by atoms with Gasteiger partial charge in [-0.2, -0.15) is 0 Å². The van der Waals surface area contributed by atoms with Gasteiger partial charge in [0, 0.05) is 18.1 Å². The van der Waals surface area contributed by atoms with Gasteiger partial charge in [-0.1, -0.05) is 83.1 Å². The molecule has 10 nitrogen and oxygen atoms in total. The second kappa shape index (κ2) is 13.8. The molecule has 42 heavy (non-hydrogen) atoms. The molecule has 0 aliphatic heterocycles. The predicted octanol–water partition coefficient (Wildman–Crippen LogP) is 2.91. The van der Waals surface area contributed by atoms with Gasteiger partial charge in [-0.15, -0.1) is 0 Å². The fraction of sp³-hybridized carbons (Fsp3) is 0.375. The molecule has 0 saturated carbocycles. The van der Waals surface area contributed by atoms with E-state index in [-0.39, 0.29) is 12.5 Å². The Morgan fingerprint density at radius 1 is 0.786 bits per heavy atom. The van der Waals surface area contributed by atoms with E-state index in [2.05, 4.69) is 26.3 Å². The van der Waals surface area contributed by atoms with Crippen molar-refractivity contribution < 1.29 is 24.0 Å². The van der Waals surface area contributed by atoms with Crippen molar-refractivity contribution in [2.75, 3.05) is 0 Å². The lowest BCUT2D eigenvalue weighted by Gasteiger charge is -2.31. The average Bonchev–Trinajstić information content (AvgIpc) is 2.96. The van der Waals surface area contributed by atoms with E-state index in [0.717, 1.165) is 5.56 Å². The number of rotatable bonds is 11. The summed E-state index contributed by atoms with van der Waals surface area (Å²) in [5.41, 5.74) is 1.15. The van der Waals surface area contributed by atoms with Crippen molar-refractivity contribution in [1.82, 2.24) is 26.3 Å². The molecule has 0 aliphatic carbocycles. The van der Waals surface area contributed by atoms with Gasteiger partial charge in [0.05, 0.1) is 17.1 Å². The summed E-state index contributed by atoms with van der Waals surface area (Å²) in [7, 11) is 0. The monoisotopic (exact) mass is 573 g/mol. The summed E-state index contributed by atoms with van der Waals surface area (Å²) in [6.07, 6.45) is 1.53. The Hall–Kier alpha value is -4.60. The number of ketones is 1. The molecule has 4 N–H and O–H groups in total. The maximum atomic E-state index is 13.4. The molecule has 0 radical (unpaired) electrons. The number of nitrogens with one attached hydrogen (secondary N) is 4. The predicted molar refractivity (Wildman–Crippen MR) is 160 cm³/mol. The first-order valence-corrected chi connectivity index (χ1v) is 13.9. The number of para-hydroxylation sites is 1. The molecule has 3 rings (SSSR count). The molecule has 222 valence electrons. The second-order valence-corrected chi connectivity index (χ2v) is 11.6. The van der Waals surface area contributed by atoms with Crippen molar-refractivity contribution in [3.8, 4) is 0 Å². The number of aromatic nitrogens is 1. The Bertz CT molecular complexity index is 1440. The van der Waals surface area contributed by atoms with Crippen molar-refractivity contribution in [2.24, 2.45) is 11.3 Å². The number of carbonyl (C=O) groups excluding carboxylic acids is 5. The molecule has 0 bridgehead atoms. The molecule has 0 aliphatic rings. The highest BCUT2D eigenvalue weighted by Gasteiger charge is 2.36. The third-order valence-electron chi connectivity index (χ3n) is 6.82.